The van der Waals surface area contributed by atoms with Crippen LogP contribution in [0.25, 0.3) is 0 Å². The van der Waals surface area contributed by atoms with Crippen LogP contribution in [0.2, 0.25) is 0 Å². The molecular weight excluding hydrogens is 276 g/mol. The van der Waals surface area contributed by atoms with Crippen LogP contribution in [0.5, 0.6) is 0 Å². The first-order valence-electron chi connectivity index (χ1n) is 2.01. The number of hydrogen-bond acceptors (Lipinski definition) is 2. The van der Waals surface area contributed by atoms with Gasteiger partial charge < -0.3 is 4.74 Å². The maximum Gasteiger partial charge on any atom is 0.299 e. The third kappa shape index (κ3) is 1.44. The van der Waals surface area contributed by atoms with Gasteiger partial charge in [-0.25, -0.2) is 4.79 Å². The van der Waals surface area contributed by atoms with E-state index in [9.17, 15) is 4.79 Å². The van der Waals surface area contributed by atoms with Crippen molar-refractivity contribution in [2.45, 2.75) is 6.42 Å². The van der Waals surface area contributed by atoms with Gasteiger partial charge in [0.2, 0.25) is 0 Å². The van der Waals surface area contributed by atoms with Gasteiger partial charge in [-0.2, -0.15) is 6.61 Å². The van der Waals surface area contributed by atoms with Crippen molar-refractivity contribution >= 4 is 5.97 Å². The van der Waals surface area contributed by atoms with Crippen LogP contribution < -0.4 is 0 Å². The topological polar surface area (TPSA) is 26.3 Å². The second-order valence-corrected chi connectivity index (χ2v) is 1.38. The first-order valence-corrected chi connectivity index (χ1v) is 2.01. The summed E-state index contributed by atoms with van der Waals surface area (Å²) >= 11 is 0. The molecule has 3 heteroatoms. The fourth-order valence-electron chi connectivity index (χ4n) is 0.385. The van der Waals surface area contributed by atoms with Crippen LogP contribution in [-0.4, -0.2) is 5.97 Å². The third-order valence-corrected chi connectivity index (χ3v) is 0.809. The molecule has 0 N–H and O–H groups in total. The Kier molecular flexibility index (Phi) is 2.99. The molecule has 8 heavy (non-hydrogen) atoms. The van der Waals surface area contributed by atoms with Gasteiger partial charge in [0, 0.05) is 26.6 Å². The molecule has 0 unspecified atom stereocenters. The summed E-state index contributed by atoms with van der Waals surface area (Å²) < 4.78 is 4.40. The first-order chi connectivity index (χ1) is 3.30. The fourth-order valence-corrected chi connectivity index (χ4v) is 0.385. The molecule has 2 nitrogen and oxygen atoms in total. The number of cyclic esters (lactones) is 1. The maximum absolute atomic E-state index is 10.2. The fraction of sp³-hybridized carbons (Fsp3) is 0.200. The number of ether oxygens (including phenoxy) is 1. The Bertz CT molecular complexity index is 106. The first kappa shape index (κ1) is 7.90. The molecule has 1 saturated heterocycles. The van der Waals surface area contributed by atoms with Gasteiger partial charge >= 0.3 is 0 Å². The summed E-state index contributed by atoms with van der Waals surface area (Å²) in [4.78, 5) is 10.2. The van der Waals surface area contributed by atoms with Crippen molar-refractivity contribution in [3.63, 3.8) is 0 Å². The standard InChI is InChI=1S/C5H5O2.W/c1-4-2-3-7-5(4)6;/h3H,1-2H2;/q-1;. The Labute approximate surface area is 62.2 Å². The van der Waals surface area contributed by atoms with Gasteiger partial charge in [-0.3, -0.25) is 0 Å². The normalized spacial score (nSPS) is 17.5. The van der Waals surface area contributed by atoms with Gasteiger partial charge in [0.25, 0.3) is 5.97 Å². The Morgan fingerprint density at radius 3 is 2.50 bits per heavy atom. The molecule has 1 aliphatic rings. The summed E-state index contributed by atoms with van der Waals surface area (Å²) in [5, 5.41) is 0. The maximum atomic E-state index is 10.2. The van der Waals surface area contributed by atoms with Crippen LogP contribution in [-0.2, 0) is 30.6 Å². The van der Waals surface area contributed by atoms with E-state index in [1.54, 1.807) is 0 Å². The second-order valence-electron chi connectivity index (χ2n) is 1.38. The average molecular weight is 281 g/mol. The molecule has 1 fully saturated rings. The van der Waals surface area contributed by atoms with E-state index >= 15 is 0 Å². The van der Waals surface area contributed by atoms with Crippen molar-refractivity contribution in [1.82, 2.24) is 0 Å². The predicted octanol–water partition coefficient (Wildman–Crippen LogP) is 0.649. The van der Waals surface area contributed by atoms with E-state index in [4.69, 9.17) is 0 Å². The van der Waals surface area contributed by atoms with Gasteiger partial charge in [0.15, 0.2) is 0 Å². The number of rotatable bonds is 0. The Morgan fingerprint density at radius 1 is 1.75 bits per heavy atom. The SMILES string of the molecule is C=C1C[CH-]OC1=O.[W]. The molecule has 0 aromatic carbocycles. The van der Waals surface area contributed by atoms with E-state index in [2.05, 4.69) is 11.3 Å². The van der Waals surface area contributed by atoms with E-state index in [1.165, 1.54) is 6.61 Å². The van der Waals surface area contributed by atoms with E-state index < -0.39 is 0 Å². The number of carbonyl (C=O) groups is 1. The Hall–Kier alpha value is -0.102. The average Bonchev–Trinajstić information content (AvgIpc) is 1.91. The zero-order chi connectivity index (χ0) is 5.28. The van der Waals surface area contributed by atoms with Crippen LogP contribution in [0.3, 0.4) is 0 Å². The summed E-state index contributed by atoms with van der Waals surface area (Å²) in [5.41, 5.74) is 0.542. The van der Waals surface area contributed by atoms with Gasteiger partial charge in [-0.15, -0.1) is 6.42 Å². The predicted molar refractivity (Wildman–Crippen MR) is 24.1 cm³/mol. The number of hydrogen-bond donors (Lipinski definition) is 0. The van der Waals surface area contributed by atoms with Crippen molar-refractivity contribution in [3.8, 4) is 0 Å². The van der Waals surface area contributed by atoms with E-state index in [1.807, 2.05) is 0 Å². The molecule has 0 saturated carbocycles. The molecular formula is C5H5O2W-. The Balaban J connectivity index is 0.000000490. The molecule has 1 heterocycles. The molecule has 44 valence electrons. The summed E-state index contributed by atoms with van der Waals surface area (Å²) in [7, 11) is 0. The van der Waals surface area contributed by atoms with E-state index in [0.29, 0.717) is 12.0 Å². The van der Waals surface area contributed by atoms with Gasteiger partial charge in [0.05, 0.1) is 0 Å². The largest absolute Gasteiger partial charge is 0.633 e. The summed E-state index contributed by atoms with van der Waals surface area (Å²) in [6.45, 7) is 4.88. The quantitative estimate of drug-likeness (QED) is 0.370. The van der Waals surface area contributed by atoms with E-state index in [0.717, 1.165) is 0 Å². The second kappa shape index (κ2) is 3.03. The minimum atomic E-state index is -0.292. The molecule has 1 aliphatic heterocycles. The van der Waals surface area contributed by atoms with Crippen LogP contribution in [0.1, 0.15) is 6.42 Å². The van der Waals surface area contributed by atoms with Crippen LogP contribution in [0.15, 0.2) is 12.2 Å². The van der Waals surface area contributed by atoms with Crippen LogP contribution >= 0.6 is 0 Å². The molecule has 0 atom stereocenters. The molecule has 0 amide bonds. The van der Waals surface area contributed by atoms with Crippen molar-refractivity contribution in [1.29, 1.82) is 0 Å². The van der Waals surface area contributed by atoms with Crippen LogP contribution in [0.4, 0.5) is 0 Å². The molecule has 0 aliphatic carbocycles. The molecule has 0 radical (unpaired) electrons. The smallest absolute Gasteiger partial charge is 0.299 e. The summed E-state index contributed by atoms with van der Waals surface area (Å²) in [6, 6.07) is 0. The van der Waals surface area contributed by atoms with Crippen LogP contribution in [0, 0.1) is 6.61 Å². The molecule has 1 rings (SSSR count). The molecule has 0 spiro atoms. The minimum Gasteiger partial charge on any atom is -0.633 e. The number of carbonyl (C=O) groups excluding carboxylic acids is 1. The number of esters is 1. The molecule has 0 aromatic rings. The Morgan fingerprint density at radius 2 is 2.38 bits per heavy atom. The van der Waals surface area contributed by atoms with Gasteiger partial charge in [-0.05, 0) is 0 Å². The van der Waals surface area contributed by atoms with E-state index in [-0.39, 0.29) is 27.0 Å². The minimum absolute atomic E-state index is 0. The van der Waals surface area contributed by atoms with Crippen molar-refractivity contribution < 1.29 is 30.6 Å². The third-order valence-electron chi connectivity index (χ3n) is 0.809. The van der Waals surface area contributed by atoms with Crippen molar-refractivity contribution in [2.75, 3.05) is 0 Å². The van der Waals surface area contributed by atoms with Gasteiger partial charge in [-0.1, -0.05) is 6.58 Å². The zero-order valence-corrected chi connectivity index (χ0v) is 7.15. The van der Waals surface area contributed by atoms with Crippen molar-refractivity contribution in [2.24, 2.45) is 0 Å². The molecule has 0 bridgehead atoms. The zero-order valence-electron chi connectivity index (χ0n) is 4.22. The van der Waals surface area contributed by atoms with Gasteiger partial charge in [0.1, 0.15) is 0 Å². The molecule has 0 aromatic heterocycles. The summed E-state index contributed by atoms with van der Waals surface area (Å²) in [5.74, 6) is -0.292. The summed E-state index contributed by atoms with van der Waals surface area (Å²) in [6.07, 6.45) is 0.582. The monoisotopic (exact) mass is 281 g/mol. The van der Waals surface area contributed by atoms with Crippen molar-refractivity contribution in [3.05, 3.63) is 18.8 Å².